The van der Waals surface area contributed by atoms with Crippen LogP contribution in [0.4, 0.5) is 5.82 Å². The highest BCUT2D eigenvalue weighted by Crippen LogP contribution is 2.39. The summed E-state index contributed by atoms with van der Waals surface area (Å²) in [5, 5.41) is 7.22. The van der Waals surface area contributed by atoms with Crippen molar-refractivity contribution in [1.29, 1.82) is 0 Å². The Labute approximate surface area is 151 Å². The lowest BCUT2D eigenvalue weighted by Gasteiger charge is -2.06. The van der Waals surface area contributed by atoms with E-state index in [0.717, 1.165) is 16.7 Å². The lowest BCUT2D eigenvalue weighted by Crippen LogP contribution is -2.10. The molecule has 132 valence electrons. The van der Waals surface area contributed by atoms with Crippen LogP contribution in [0.1, 0.15) is 40.4 Å². The van der Waals surface area contributed by atoms with E-state index < -0.39 is 5.91 Å². The molecule has 3 aromatic rings. The molecule has 2 aromatic carbocycles. The van der Waals surface area contributed by atoms with Crippen LogP contribution in [0.3, 0.4) is 0 Å². The summed E-state index contributed by atoms with van der Waals surface area (Å²) < 4.78 is 0. The van der Waals surface area contributed by atoms with Gasteiger partial charge in [0, 0.05) is 23.2 Å². The summed E-state index contributed by atoms with van der Waals surface area (Å²) in [6, 6.07) is 17.3. The van der Waals surface area contributed by atoms with E-state index in [9.17, 15) is 4.79 Å². The summed E-state index contributed by atoms with van der Waals surface area (Å²) in [6.45, 7) is 0.437. The number of hydrogen-bond acceptors (Lipinski definition) is 4. The number of amides is 1. The number of rotatable bonds is 7. The van der Waals surface area contributed by atoms with Crippen molar-refractivity contribution in [3.63, 3.8) is 0 Å². The van der Waals surface area contributed by atoms with Gasteiger partial charge in [0.05, 0.1) is 6.61 Å². The Morgan fingerprint density at radius 2 is 1.77 bits per heavy atom. The molecule has 1 aromatic heterocycles. The Morgan fingerprint density at radius 3 is 2.38 bits per heavy atom. The zero-order chi connectivity index (χ0) is 17.9. The Bertz CT molecular complexity index is 896. The van der Waals surface area contributed by atoms with E-state index in [4.69, 9.17) is 10.6 Å². The Morgan fingerprint density at radius 1 is 1.12 bits per heavy atom. The molecule has 0 aliphatic heterocycles. The minimum atomic E-state index is -0.419. The van der Waals surface area contributed by atoms with E-state index in [2.05, 4.69) is 15.7 Å². The van der Waals surface area contributed by atoms with Gasteiger partial charge in [0.1, 0.15) is 0 Å². The standard InChI is InChI=1S/C20H20N4O2/c21-20(25)17-9-5-15(6-10-17)14-3-1-13(2-4-14)12-26-24-19-11-18(22-23-19)16-7-8-16/h1-6,9-11,16H,7-8,12H2,(H2,21,25)(H2,22,23,24). The maximum atomic E-state index is 11.1. The topological polar surface area (TPSA) is 93.0 Å². The van der Waals surface area contributed by atoms with Crippen LogP contribution in [0.25, 0.3) is 11.1 Å². The summed E-state index contributed by atoms with van der Waals surface area (Å²) in [7, 11) is 0. The third-order valence-electron chi connectivity index (χ3n) is 4.49. The number of nitrogens with one attached hydrogen (secondary N) is 2. The van der Waals surface area contributed by atoms with Crippen LogP contribution in [-0.4, -0.2) is 16.1 Å². The molecule has 0 saturated heterocycles. The Kier molecular flexibility index (Phi) is 4.41. The SMILES string of the molecule is NC(=O)c1ccc(-c2ccc(CONc3cc(C4CC4)[nH]n3)cc2)cc1. The summed E-state index contributed by atoms with van der Waals surface area (Å²) in [4.78, 5) is 16.7. The maximum absolute atomic E-state index is 11.1. The number of H-pyrrole nitrogens is 1. The minimum absolute atomic E-state index is 0.419. The zero-order valence-corrected chi connectivity index (χ0v) is 14.2. The van der Waals surface area contributed by atoms with Crippen molar-refractivity contribution in [3.8, 4) is 11.1 Å². The molecule has 0 bridgehead atoms. The smallest absolute Gasteiger partial charge is 0.248 e. The normalized spacial score (nSPS) is 13.5. The van der Waals surface area contributed by atoms with Crippen LogP contribution in [0, 0.1) is 0 Å². The summed E-state index contributed by atoms with van der Waals surface area (Å²) in [6.07, 6.45) is 2.47. The quantitative estimate of drug-likeness (QED) is 0.569. The van der Waals surface area contributed by atoms with Gasteiger partial charge in [0.25, 0.3) is 0 Å². The van der Waals surface area contributed by atoms with Crippen LogP contribution < -0.4 is 11.2 Å². The third kappa shape index (κ3) is 3.75. The number of hydrogen-bond donors (Lipinski definition) is 3. The average Bonchev–Trinajstić information content (AvgIpc) is 3.41. The fourth-order valence-corrected chi connectivity index (χ4v) is 2.81. The predicted molar refractivity (Wildman–Crippen MR) is 99.4 cm³/mol. The fourth-order valence-electron chi connectivity index (χ4n) is 2.81. The van der Waals surface area contributed by atoms with Gasteiger partial charge in [-0.15, -0.1) is 0 Å². The van der Waals surface area contributed by atoms with Gasteiger partial charge in [-0.05, 0) is 41.7 Å². The first-order valence-corrected chi connectivity index (χ1v) is 8.61. The molecule has 1 amide bonds. The van der Waals surface area contributed by atoms with Crippen molar-refractivity contribution in [2.45, 2.75) is 25.4 Å². The fraction of sp³-hybridized carbons (Fsp3) is 0.200. The van der Waals surface area contributed by atoms with Crippen molar-refractivity contribution in [2.24, 2.45) is 5.73 Å². The number of aromatic nitrogens is 2. The predicted octanol–water partition coefficient (Wildman–Crippen LogP) is 3.60. The van der Waals surface area contributed by atoms with Crippen LogP contribution in [0.5, 0.6) is 0 Å². The van der Waals surface area contributed by atoms with E-state index in [1.807, 2.05) is 42.5 Å². The number of primary amides is 1. The first kappa shape index (κ1) is 16.4. The first-order valence-electron chi connectivity index (χ1n) is 8.61. The van der Waals surface area contributed by atoms with Crippen LogP contribution in [0.15, 0.2) is 54.6 Å². The first-order chi connectivity index (χ1) is 12.7. The molecule has 4 rings (SSSR count). The van der Waals surface area contributed by atoms with Gasteiger partial charge in [0.2, 0.25) is 5.91 Å². The van der Waals surface area contributed by atoms with Crippen LogP contribution in [-0.2, 0) is 11.4 Å². The number of aromatic amines is 1. The van der Waals surface area contributed by atoms with Gasteiger partial charge in [0.15, 0.2) is 5.82 Å². The molecule has 1 aliphatic rings. The molecule has 1 fully saturated rings. The summed E-state index contributed by atoms with van der Waals surface area (Å²) in [5.74, 6) is 0.929. The Hall–Kier alpha value is -3.12. The molecule has 0 unspecified atom stereocenters. The van der Waals surface area contributed by atoms with Crippen molar-refractivity contribution >= 4 is 11.7 Å². The van der Waals surface area contributed by atoms with Crippen molar-refractivity contribution < 1.29 is 9.63 Å². The molecule has 1 heterocycles. The number of benzene rings is 2. The van der Waals surface area contributed by atoms with Gasteiger partial charge in [-0.1, -0.05) is 36.4 Å². The monoisotopic (exact) mass is 348 g/mol. The summed E-state index contributed by atoms with van der Waals surface area (Å²) >= 11 is 0. The van der Waals surface area contributed by atoms with Gasteiger partial charge >= 0.3 is 0 Å². The van der Waals surface area contributed by atoms with E-state index in [1.54, 1.807) is 12.1 Å². The van der Waals surface area contributed by atoms with E-state index in [0.29, 0.717) is 23.9 Å². The molecule has 26 heavy (non-hydrogen) atoms. The van der Waals surface area contributed by atoms with E-state index >= 15 is 0 Å². The minimum Gasteiger partial charge on any atom is -0.366 e. The van der Waals surface area contributed by atoms with Crippen LogP contribution >= 0.6 is 0 Å². The lowest BCUT2D eigenvalue weighted by molar-refractivity contribution is 0.100. The van der Waals surface area contributed by atoms with Gasteiger partial charge < -0.3 is 5.73 Å². The van der Waals surface area contributed by atoms with Crippen molar-refractivity contribution in [2.75, 3.05) is 5.48 Å². The average molecular weight is 348 g/mol. The molecule has 6 nitrogen and oxygen atoms in total. The number of nitrogens with two attached hydrogens (primary N) is 1. The maximum Gasteiger partial charge on any atom is 0.248 e. The Balaban J connectivity index is 1.32. The molecule has 0 atom stereocenters. The van der Waals surface area contributed by atoms with Gasteiger partial charge in [-0.25, -0.2) is 5.48 Å². The lowest BCUT2D eigenvalue weighted by atomic mass is 10.0. The van der Waals surface area contributed by atoms with Crippen LogP contribution in [0.2, 0.25) is 0 Å². The molecule has 4 N–H and O–H groups in total. The molecular weight excluding hydrogens is 328 g/mol. The second-order valence-corrected chi connectivity index (χ2v) is 6.51. The third-order valence-corrected chi connectivity index (χ3v) is 4.49. The molecule has 0 radical (unpaired) electrons. The van der Waals surface area contributed by atoms with E-state index in [-0.39, 0.29) is 0 Å². The number of nitrogens with zero attached hydrogens (tertiary/aromatic N) is 1. The molecule has 1 aliphatic carbocycles. The summed E-state index contributed by atoms with van der Waals surface area (Å²) in [5.41, 5.74) is 13.0. The zero-order valence-electron chi connectivity index (χ0n) is 14.2. The second kappa shape index (κ2) is 7.01. The highest BCUT2D eigenvalue weighted by atomic mass is 16.6. The van der Waals surface area contributed by atoms with Crippen molar-refractivity contribution in [3.05, 3.63) is 71.4 Å². The highest BCUT2D eigenvalue weighted by Gasteiger charge is 2.25. The van der Waals surface area contributed by atoms with Gasteiger partial charge in [-0.2, -0.15) is 5.10 Å². The van der Waals surface area contributed by atoms with Crippen molar-refractivity contribution in [1.82, 2.24) is 10.2 Å². The molecule has 6 heteroatoms. The highest BCUT2D eigenvalue weighted by molar-refractivity contribution is 5.93. The second-order valence-electron chi connectivity index (χ2n) is 6.51. The van der Waals surface area contributed by atoms with E-state index in [1.165, 1.54) is 18.5 Å². The molecule has 0 spiro atoms. The number of carbonyl (C=O) groups excluding carboxylic acids is 1. The van der Waals surface area contributed by atoms with Gasteiger partial charge in [-0.3, -0.25) is 14.7 Å². The molecular formula is C20H20N4O2. The number of carbonyl (C=O) groups is 1. The molecule has 1 saturated carbocycles. The number of anilines is 1. The largest absolute Gasteiger partial charge is 0.366 e.